The van der Waals surface area contributed by atoms with E-state index in [1.165, 1.54) is 12.8 Å². The van der Waals surface area contributed by atoms with Crippen molar-refractivity contribution >= 4 is 7.42 Å². The molecule has 0 aromatic carbocycles. The van der Waals surface area contributed by atoms with E-state index in [1.54, 1.807) is 0 Å². The first-order valence-corrected chi connectivity index (χ1v) is 5.65. The van der Waals surface area contributed by atoms with Gasteiger partial charge in [0.2, 0.25) is 0 Å². The molecule has 0 saturated carbocycles. The van der Waals surface area contributed by atoms with Crippen molar-refractivity contribution in [1.29, 1.82) is 0 Å². The van der Waals surface area contributed by atoms with Crippen molar-refractivity contribution in [3.8, 4) is 0 Å². The van der Waals surface area contributed by atoms with Crippen molar-refractivity contribution in [1.82, 2.24) is 0 Å². The first-order valence-electron chi connectivity index (χ1n) is 2.81. The molecule has 0 unspecified atom stereocenters. The molecule has 40 valence electrons. The third kappa shape index (κ3) is 6.62. The van der Waals surface area contributed by atoms with Gasteiger partial charge in [-0.05, 0) is 0 Å². The third-order valence-electron chi connectivity index (χ3n) is 0.644. The second kappa shape index (κ2) is 6.62. The van der Waals surface area contributed by atoms with Crippen molar-refractivity contribution in [2.24, 2.45) is 0 Å². The molecule has 0 saturated heterocycles. The molecule has 1 heteroatoms. The van der Waals surface area contributed by atoms with Crippen LogP contribution in [0.1, 0.15) is 26.7 Å². The molecule has 0 aliphatic carbocycles. The maximum absolute atomic E-state index is 2.45. The van der Waals surface area contributed by atoms with Crippen LogP contribution in [-0.2, 0) is 22.3 Å². The summed E-state index contributed by atoms with van der Waals surface area (Å²) < 4.78 is 4.90. The molecule has 0 rings (SSSR count). The Kier molecular flexibility index (Phi) is 7.21. The van der Waals surface area contributed by atoms with E-state index in [0.29, 0.717) is 0 Å². The SMILES string of the molecule is CC[CH]=[Zr]=[CH]CC. The fraction of sp³-hybridized carbons (Fsp3) is 0.667. The number of hydrogen-bond donors (Lipinski definition) is 0. The third-order valence-corrected chi connectivity index (χ3v) is 3.81. The van der Waals surface area contributed by atoms with Gasteiger partial charge < -0.3 is 0 Å². The van der Waals surface area contributed by atoms with Crippen LogP contribution in [0.5, 0.6) is 0 Å². The zero-order valence-electron chi connectivity index (χ0n) is 5.07. The first kappa shape index (κ1) is 7.62. The average Bonchev–Trinajstić information content (AvgIpc) is 1.69. The Morgan fingerprint density at radius 3 is 1.86 bits per heavy atom. The van der Waals surface area contributed by atoms with Crippen LogP contribution < -0.4 is 0 Å². The summed E-state index contributed by atoms with van der Waals surface area (Å²) in [6, 6.07) is 0. The summed E-state index contributed by atoms with van der Waals surface area (Å²) >= 11 is -0.0686. The average molecular weight is 175 g/mol. The summed E-state index contributed by atoms with van der Waals surface area (Å²) in [5, 5.41) is 0. The monoisotopic (exact) mass is 174 g/mol. The van der Waals surface area contributed by atoms with Crippen molar-refractivity contribution in [2.45, 2.75) is 26.7 Å². The summed E-state index contributed by atoms with van der Waals surface area (Å²) in [6.45, 7) is 4.43. The van der Waals surface area contributed by atoms with E-state index in [9.17, 15) is 0 Å². The van der Waals surface area contributed by atoms with E-state index in [2.05, 4.69) is 21.3 Å². The van der Waals surface area contributed by atoms with Gasteiger partial charge >= 0.3 is 56.4 Å². The molecule has 0 aromatic rings. The van der Waals surface area contributed by atoms with Crippen molar-refractivity contribution in [2.75, 3.05) is 0 Å². The molecule has 0 N–H and O–H groups in total. The van der Waals surface area contributed by atoms with Gasteiger partial charge in [-0.15, -0.1) is 0 Å². The van der Waals surface area contributed by atoms with E-state index < -0.39 is 0 Å². The van der Waals surface area contributed by atoms with Crippen molar-refractivity contribution in [3.63, 3.8) is 0 Å². The van der Waals surface area contributed by atoms with Crippen LogP contribution in [0.2, 0.25) is 0 Å². The molecule has 0 heterocycles. The van der Waals surface area contributed by atoms with Gasteiger partial charge in [-0.3, -0.25) is 0 Å². The van der Waals surface area contributed by atoms with Crippen LogP contribution in [0.3, 0.4) is 0 Å². The van der Waals surface area contributed by atoms with Gasteiger partial charge in [-0.1, -0.05) is 0 Å². The first-order chi connectivity index (χ1) is 3.41. The van der Waals surface area contributed by atoms with Crippen molar-refractivity contribution < 1.29 is 22.3 Å². The molecule has 0 radical (unpaired) electrons. The van der Waals surface area contributed by atoms with Crippen LogP contribution in [0.4, 0.5) is 0 Å². The van der Waals surface area contributed by atoms with E-state index in [1.807, 2.05) is 0 Å². The van der Waals surface area contributed by atoms with E-state index in [4.69, 9.17) is 0 Å². The van der Waals surface area contributed by atoms with Gasteiger partial charge in [0.05, 0.1) is 0 Å². The topological polar surface area (TPSA) is 0 Å². The zero-order valence-corrected chi connectivity index (χ0v) is 7.53. The zero-order chi connectivity index (χ0) is 5.54. The van der Waals surface area contributed by atoms with Crippen LogP contribution in [0.15, 0.2) is 0 Å². The van der Waals surface area contributed by atoms with Crippen LogP contribution in [0.25, 0.3) is 0 Å². The van der Waals surface area contributed by atoms with Gasteiger partial charge in [0.25, 0.3) is 0 Å². The minimum atomic E-state index is -0.0686. The summed E-state index contributed by atoms with van der Waals surface area (Å²) in [6.07, 6.45) is 2.56. The second-order valence-corrected chi connectivity index (χ2v) is 4.22. The van der Waals surface area contributed by atoms with Gasteiger partial charge in [0.1, 0.15) is 0 Å². The molecule has 7 heavy (non-hydrogen) atoms. The molecular formula is C6H12Zr. The van der Waals surface area contributed by atoms with Crippen LogP contribution in [0, 0.1) is 0 Å². The molecule has 0 bridgehead atoms. The van der Waals surface area contributed by atoms with Crippen LogP contribution in [-0.4, -0.2) is 7.42 Å². The Balaban J connectivity index is 3.21. The molecular weight excluding hydrogens is 163 g/mol. The quantitative estimate of drug-likeness (QED) is 0.596. The molecule has 0 atom stereocenters. The maximum atomic E-state index is 2.45. The predicted octanol–water partition coefficient (Wildman–Crippen LogP) is 1.49. The fourth-order valence-corrected chi connectivity index (χ4v) is 1.89. The molecule has 0 spiro atoms. The van der Waals surface area contributed by atoms with Gasteiger partial charge in [-0.2, -0.15) is 0 Å². The molecule has 0 aliphatic heterocycles. The predicted molar refractivity (Wildman–Crippen MR) is 32.7 cm³/mol. The minimum absolute atomic E-state index is 0.0686. The summed E-state index contributed by atoms with van der Waals surface area (Å²) in [5.74, 6) is 0. The van der Waals surface area contributed by atoms with E-state index in [0.717, 1.165) is 0 Å². The van der Waals surface area contributed by atoms with Gasteiger partial charge in [0, 0.05) is 0 Å². The second-order valence-electron chi connectivity index (χ2n) is 1.39. The normalized spacial score (nSPS) is 7.14. The summed E-state index contributed by atoms with van der Waals surface area (Å²) in [7, 11) is 0. The molecule has 0 aliphatic rings. The Morgan fingerprint density at radius 1 is 1.14 bits per heavy atom. The Hall–Kier alpha value is 0.623. The van der Waals surface area contributed by atoms with Gasteiger partial charge in [-0.25, -0.2) is 0 Å². The summed E-state index contributed by atoms with van der Waals surface area (Å²) in [5.41, 5.74) is 0. The van der Waals surface area contributed by atoms with E-state index >= 15 is 0 Å². The summed E-state index contributed by atoms with van der Waals surface area (Å²) in [4.78, 5) is 0. The number of hydrogen-bond acceptors (Lipinski definition) is 0. The number of rotatable bonds is 2. The molecule has 0 fully saturated rings. The van der Waals surface area contributed by atoms with E-state index in [-0.39, 0.29) is 22.3 Å². The fourth-order valence-electron chi connectivity index (χ4n) is 0.319. The van der Waals surface area contributed by atoms with Crippen LogP contribution >= 0.6 is 0 Å². The Morgan fingerprint density at radius 2 is 1.57 bits per heavy atom. The molecule has 0 nitrogen and oxygen atoms in total. The molecule has 0 amide bonds. The standard InChI is InChI=1S/2C3H6.Zr/c2*1-3-2;/h2*1H,3H2,2H3;. The van der Waals surface area contributed by atoms with Gasteiger partial charge in [0.15, 0.2) is 0 Å². The van der Waals surface area contributed by atoms with Crippen molar-refractivity contribution in [3.05, 3.63) is 0 Å². The Labute approximate surface area is 56.5 Å². The molecule has 0 aromatic heterocycles. The Bertz CT molecular complexity index is 70.2.